The molecule has 1 aliphatic rings. The molecule has 0 saturated carbocycles. The smallest absolute Gasteiger partial charge is 0.252 e. The molecule has 0 aromatic heterocycles. The zero-order chi connectivity index (χ0) is 16.9. The van der Waals surface area contributed by atoms with Crippen LogP contribution in [0.25, 0.3) is 0 Å². The number of carbonyl (C=O) groups excluding carboxylic acids is 2. The maximum absolute atomic E-state index is 12.7. The van der Waals surface area contributed by atoms with Gasteiger partial charge < -0.3 is 10.2 Å². The van der Waals surface area contributed by atoms with Crippen molar-refractivity contribution in [3.8, 4) is 0 Å². The molecule has 1 heterocycles. The summed E-state index contributed by atoms with van der Waals surface area (Å²) in [4.78, 5) is 27.7. The fourth-order valence-electron chi connectivity index (χ4n) is 3.04. The zero-order valence-corrected chi connectivity index (χ0v) is 13.9. The van der Waals surface area contributed by atoms with E-state index in [2.05, 4.69) is 17.3 Å². The molecule has 3 rings (SSSR count). The molecule has 1 saturated heterocycles. The number of nitrogens with one attached hydrogen (secondary N) is 1. The lowest BCUT2D eigenvalue weighted by Crippen LogP contribution is -2.43. The first-order valence-electron chi connectivity index (χ1n) is 8.33. The van der Waals surface area contributed by atoms with Crippen LogP contribution in [-0.4, -0.2) is 42.8 Å². The second-order valence-electron chi connectivity index (χ2n) is 6.29. The lowest BCUT2D eigenvalue weighted by molar-refractivity contribution is 0.0908. The molecule has 1 N–H and O–H groups in total. The number of carbonyl (C=O) groups is 2. The third-order valence-corrected chi connectivity index (χ3v) is 4.51. The molecule has 2 aromatic carbocycles. The van der Waals surface area contributed by atoms with Gasteiger partial charge in [-0.2, -0.15) is 0 Å². The molecule has 0 spiro atoms. The maximum Gasteiger partial charge on any atom is 0.252 e. The molecule has 2 aromatic rings. The predicted octanol–water partition coefficient (Wildman–Crippen LogP) is 2.74. The molecular formula is C20H22N2O2. The van der Waals surface area contributed by atoms with E-state index in [1.807, 2.05) is 18.2 Å². The Morgan fingerprint density at radius 3 is 2.17 bits per heavy atom. The summed E-state index contributed by atoms with van der Waals surface area (Å²) >= 11 is 0. The van der Waals surface area contributed by atoms with Crippen LogP contribution in [-0.2, 0) is 0 Å². The summed E-state index contributed by atoms with van der Waals surface area (Å²) in [7, 11) is 2.09. The fourth-order valence-corrected chi connectivity index (χ4v) is 3.04. The van der Waals surface area contributed by atoms with Gasteiger partial charge in [0.1, 0.15) is 0 Å². The van der Waals surface area contributed by atoms with E-state index in [1.165, 1.54) is 0 Å². The normalized spacial score (nSPS) is 15.9. The highest BCUT2D eigenvalue weighted by atomic mass is 16.2. The number of amides is 1. The van der Waals surface area contributed by atoms with E-state index < -0.39 is 0 Å². The summed E-state index contributed by atoms with van der Waals surface area (Å²) in [6.45, 7) is 1.96. The van der Waals surface area contributed by atoms with Crippen molar-refractivity contribution in [2.24, 2.45) is 0 Å². The van der Waals surface area contributed by atoms with Crippen LogP contribution in [0.3, 0.4) is 0 Å². The Balaban J connectivity index is 1.79. The average Bonchev–Trinajstić information content (AvgIpc) is 2.63. The van der Waals surface area contributed by atoms with E-state index in [0.717, 1.165) is 25.9 Å². The topological polar surface area (TPSA) is 49.4 Å². The molecule has 0 unspecified atom stereocenters. The highest BCUT2D eigenvalue weighted by Gasteiger charge is 2.22. The van der Waals surface area contributed by atoms with Crippen molar-refractivity contribution in [1.29, 1.82) is 0 Å². The molecule has 24 heavy (non-hydrogen) atoms. The third kappa shape index (κ3) is 3.71. The van der Waals surface area contributed by atoms with Crippen molar-refractivity contribution in [3.05, 3.63) is 71.3 Å². The standard InChI is InChI=1S/C20H22N2O2/c1-22-13-11-16(12-14-22)21-20(24)18-10-6-5-9-17(18)19(23)15-7-3-2-4-8-15/h2-10,16H,11-14H2,1H3,(H,21,24). The second-order valence-corrected chi connectivity index (χ2v) is 6.29. The first kappa shape index (κ1) is 16.4. The number of likely N-dealkylation sites (tertiary alicyclic amines) is 1. The Morgan fingerprint density at radius 2 is 1.50 bits per heavy atom. The summed E-state index contributed by atoms with van der Waals surface area (Å²) < 4.78 is 0. The van der Waals surface area contributed by atoms with Crippen LogP contribution in [0.5, 0.6) is 0 Å². The molecule has 0 aliphatic carbocycles. The molecule has 1 fully saturated rings. The summed E-state index contributed by atoms with van der Waals surface area (Å²) in [6.07, 6.45) is 1.88. The Labute approximate surface area is 142 Å². The van der Waals surface area contributed by atoms with Crippen LogP contribution >= 0.6 is 0 Å². The van der Waals surface area contributed by atoms with Gasteiger partial charge in [-0.25, -0.2) is 0 Å². The van der Waals surface area contributed by atoms with E-state index in [-0.39, 0.29) is 17.7 Å². The summed E-state index contributed by atoms with van der Waals surface area (Å²) in [5.41, 5.74) is 1.50. The quantitative estimate of drug-likeness (QED) is 0.881. The van der Waals surface area contributed by atoms with E-state index in [1.54, 1.807) is 36.4 Å². The third-order valence-electron chi connectivity index (χ3n) is 4.51. The molecule has 0 radical (unpaired) electrons. The average molecular weight is 322 g/mol. The number of hydrogen-bond acceptors (Lipinski definition) is 3. The van der Waals surface area contributed by atoms with Crippen LogP contribution in [0.15, 0.2) is 54.6 Å². The lowest BCUT2D eigenvalue weighted by Gasteiger charge is -2.29. The van der Waals surface area contributed by atoms with Crippen LogP contribution in [0.2, 0.25) is 0 Å². The van der Waals surface area contributed by atoms with E-state index >= 15 is 0 Å². The largest absolute Gasteiger partial charge is 0.349 e. The molecule has 4 nitrogen and oxygen atoms in total. The minimum absolute atomic E-state index is 0.121. The monoisotopic (exact) mass is 322 g/mol. The van der Waals surface area contributed by atoms with Crippen LogP contribution < -0.4 is 5.32 Å². The summed E-state index contributed by atoms with van der Waals surface area (Å²) in [6, 6.07) is 16.3. The highest BCUT2D eigenvalue weighted by Crippen LogP contribution is 2.16. The minimum atomic E-state index is -0.163. The number of benzene rings is 2. The Kier molecular flexibility index (Phi) is 5.06. The SMILES string of the molecule is CN1CCC(NC(=O)c2ccccc2C(=O)c2ccccc2)CC1. The molecule has 1 aliphatic heterocycles. The highest BCUT2D eigenvalue weighted by molar-refractivity contribution is 6.15. The number of piperidine rings is 1. The second kappa shape index (κ2) is 7.41. The van der Waals surface area contributed by atoms with Gasteiger partial charge in [0.25, 0.3) is 5.91 Å². The van der Waals surface area contributed by atoms with Gasteiger partial charge in [-0.05, 0) is 39.0 Å². The number of rotatable bonds is 4. The minimum Gasteiger partial charge on any atom is -0.349 e. The summed E-state index contributed by atoms with van der Waals surface area (Å²) in [5.74, 6) is -0.283. The van der Waals surface area contributed by atoms with Crippen molar-refractivity contribution in [1.82, 2.24) is 10.2 Å². The van der Waals surface area contributed by atoms with E-state index in [9.17, 15) is 9.59 Å². The Morgan fingerprint density at radius 1 is 0.917 bits per heavy atom. The van der Waals surface area contributed by atoms with Gasteiger partial charge in [0.05, 0.1) is 5.56 Å². The van der Waals surface area contributed by atoms with Gasteiger partial charge >= 0.3 is 0 Å². The van der Waals surface area contributed by atoms with E-state index in [0.29, 0.717) is 16.7 Å². The molecule has 4 heteroatoms. The van der Waals surface area contributed by atoms with Gasteiger partial charge in [-0.15, -0.1) is 0 Å². The summed E-state index contributed by atoms with van der Waals surface area (Å²) in [5, 5.41) is 3.08. The van der Waals surface area contributed by atoms with Crippen molar-refractivity contribution in [3.63, 3.8) is 0 Å². The van der Waals surface area contributed by atoms with Crippen molar-refractivity contribution in [2.45, 2.75) is 18.9 Å². The lowest BCUT2D eigenvalue weighted by atomic mass is 9.97. The number of hydrogen-bond donors (Lipinski definition) is 1. The van der Waals surface area contributed by atoms with E-state index in [4.69, 9.17) is 0 Å². The molecule has 1 amide bonds. The Hall–Kier alpha value is -2.46. The van der Waals surface area contributed by atoms with Gasteiger partial charge in [-0.3, -0.25) is 9.59 Å². The van der Waals surface area contributed by atoms with Crippen molar-refractivity contribution < 1.29 is 9.59 Å². The van der Waals surface area contributed by atoms with Gasteiger partial charge in [0.15, 0.2) is 5.78 Å². The van der Waals surface area contributed by atoms with Crippen molar-refractivity contribution in [2.75, 3.05) is 20.1 Å². The maximum atomic E-state index is 12.7. The number of nitrogens with zero attached hydrogens (tertiary/aromatic N) is 1. The first-order valence-corrected chi connectivity index (χ1v) is 8.33. The molecule has 124 valence electrons. The van der Waals surface area contributed by atoms with Crippen LogP contribution in [0.1, 0.15) is 39.1 Å². The zero-order valence-electron chi connectivity index (χ0n) is 13.9. The predicted molar refractivity (Wildman–Crippen MR) is 94.3 cm³/mol. The van der Waals surface area contributed by atoms with Crippen LogP contribution in [0, 0.1) is 0 Å². The first-order chi connectivity index (χ1) is 11.6. The van der Waals surface area contributed by atoms with Crippen molar-refractivity contribution >= 4 is 11.7 Å². The van der Waals surface area contributed by atoms with Gasteiger partial charge in [0, 0.05) is 17.2 Å². The molecule has 0 bridgehead atoms. The van der Waals surface area contributed by atoms with Gasteiger partial charge in [0.2, 0.25) is 0 Å². The number of ketones is 1. The Bertz CT molecular complexity index is 719. The molecular weight excluding hydrogens is 300 g/mol. The van der Waals surface area contributed by atoms with Crippen LogP contribution in [0.4, 0.5) is 0 Å². The fraction of sp³-hybridized carbons (Fsp3) is 0.300. The molecule has 0 atom stereocenters. The van der Waals surface area contributed by atoms with Gasteiger partial charge in [-0.1, -0.05) is 48.5 Å².